The SMILES string of the molecule is CCCC1CCN(C(N)=NC(C)(C)C)CC1. The molecule has 0 radical (unpaired) electrons. The highest BCUT2D eigenvalue weighted by molar-refractivity contribution is 5.78. The lowest BCUT2D eigenvalue weighted by Crippen LogP contribution is -2.44. The topological polar surface area (TPSA) is 41.6 Å². The molecule has 94 valence electrons. The van der Waals surface area contributed by atoms with Crippen molar-refractivity contribution in [2.24, 2.45) is 16.6 Å². The van der Waals surface area contributed by atoms with Crippen molar-refractivity contribution in [2.75, 3.05) is 13.1 Å². The zero-order valence-electron chi connectivity index (χ0n) is 11.3. The molecule has 0 spiro atoms. The average molecular weight is 225 g/mol. The average Bonchev–Trinajstić information content (AvgIpc) is 2.16. The van der Waals surface area contributed by atoms with Crippen molar-refractivity contribution in [3.63, 3.8) is 0 Å². The van der Waals surface area contributed by atoms with E-state index in [9.17, 15) is 0 Å². The van der Waals surface area contributed by atoms with Crippen LogP contribution < -0.4 is 5.73 Å². The summed E-state index contributed by atoms with van der Waals surface area (Å²) in [6.45, 7) is 10.7. The summed E-state index contributed by atoms with van der Waals surface area (Å²) in [6, 6.07) is 0. The van der Waals surface area contributed by atoms with E-state index in [-0.39, 0.29) is 5.54 Å². The second-order valence-electron chi connectivity index (χ2n) is 5.86. The Hall–Kier alpha value is -0.730. The van der Waals surface area contributed by atoms with E-state index in [1.807, 2.05) is 0 Å². The normalized spacial score (nSPS) is 20.2. The summed E-state index contributed by atoms with van der Waals surface area (Å²) in [4.78, 5) is 6.76. The first-order chi connectivity index (χ1) is 7.42. The summed E-state index contributed by atoms with van der Waals surface area (Å²) >= 11 is 0. The monoisotopic (exact) mass is 225 g/mol. The van der Waals surface area contributed by atoms with Crippen LogP contribution in [0.5, 0.6) is 0 Å². The lowest BCUT2D eigenvalue weighted by Gasteiger charge is -2.33. The number of nitrogens with two attached hydrogens (primary N) is 1. The highest BCUT2D eigenvalue weighted by Gasteiger charge is 2.20. The van der Waals surface area contributed by atoms with E-state index < -0.39 is 0 Å². The van der Waals surface area contributed by atoms with E-state index >= 15 is 0 Å². The van der Waals surface area contributed by atoms with Crippen molar-refractivity contribution < 1.29 is 0 Å². The summed E-state index contributed by atoms with van der Waals surface area (Å²) in [5.74, 6) is 1.63. The van der Waals surface area contributed by atoms with Gasteiger partial charge in [0.05, 0.1) is 5.54 Å². The summed E-state index contributed by atoms with van der Waals surface area (Å²) in [7, 11) is 0. The minimum absolute atomic E-state index is 0.0651. The second kappa shape index (κ2) is 5.55. The van der Waals surface area contributed by atoms with Crippen molar-refractivity contribution >= 4 is 5.96 Å². The van der Waals surface area contributed by atoms with Crippen molar-refractivity contribution in [3.05, 3.63) is 0 Å². The Morgan fingerprint density at radius 2 is 1.88 bits per heavy atom. The van der Waals surface area contributed by atoms with Crippen molar-refractivity contribution in [1.29, 1.82) is 0 Å². The molecule has 0 aliphatic carbocycles. The first kappa shape index (κ1) is 13.3. The van der Waals surface area contributed by atoms with Gasteiger partial charge >= 0.3 is 0 Å². The Labute approximate surface area is 100 Å². The molecule has 0 saturated carbocycles. The van der Waals surface area contributed by atoms with Crippen molar-refractivity contribution in [1.82, 2.24) is 4.90 Å². The minimum Gasteiger partial charge on any atom is -0.370 e. The smallest absolute Gasteiger partial charge is 0.191 e. The molecule has 1 aliphatic rings. The predicted molar refractivity (Wildman–Crippen MR) is 70.6 cm³/mol. The van der Waals surface area contributed by atoms with Gasteiger partial charge in [0.25, 0.3) is 0 Å². The van der Waals surface area contributed by atoms with Crippen LogP contribution in [0.1, 0.15) is 53.4 Å². The Bertz CT molecular complexity index is 232. The van der Waals surface area contributed by atoms with E-state index in [0.717, 1.165) is 25.0 Å². The van der Waals surface area contributed by atoms with E-state index in [1.54, 1.807) is 0 Å². The lowest BCUT2D eigenvalue weighted by molar-refractivity contribution is 0.251. The van der Waals surface area contributed by atoms with E-state index in [1.165, 1.54) is 25.7 Å². The van der Waals surface area contributed by atoms with E-state index in [4.69, 9.17) is 5.73 Å². The maximum Gasteiger partial charge on any atom is 0.191 e. The number of guanidine groups is 1. The van der Waals surface area contributed by atoms with E-state index in [2.05, 4.69) is 37.6 Å². The highest BCUT2D eigenvalue weighted by atomic mass is 15.3. The van der Waals surface area contributed by atoms with Gasteiger partial charge in [-0.25, -0.2) is 4.99 Å². The summed E-state index contributed by atoms with van der Waals surface area (Å²) in [5, 5.41) is 0. The first-order valence-electron chi connectivity index (χ1n) is 6.52. The molecule has 3 nitrogen and oxygen atoms in total. The quantitative estimate of drug-likeness (QED) is 0.580. The number of aliphatic imine (C=N–C) groups is 1. The third kappa shape index (κ3) is 4.42. The number of nitrogens with zero attached hydrogens (tertiary/aromatic N) is 2. The van der Waals surface area contributed by atoms with Crippen molar-refractivity contribution in [3.8, 4) is 0 Å². The van der Waals surface area contributed by atoms with Crippen LogP contribution in [-0.4, -0.2) is 29.5 Å². The van der Waals surface area contributed by atoms with Crippen LogP contribution in [0.25, 0.3) is 0 Å². The van der Waals surface area contributed by atoms with Gasteiger partial charge in [0, 0.05) is 13.1 Å². The van der Waals surface area contributed by atoms with Gasteiger partial charge in [-0.2, -0.15) is 0 Å². The first-order valence-corrected chi connectivity index (χ1v) is 6.52. The molecule has 0 aromatic rings. The summed E-state index contributed by atoms with van der Waals surface area (Å²) < 4.78 is 0. The standard InChI is InChI=1S/C13H27N3/c1-5-6-11-7-9-16(10-8-11)12(14)15-13(2,3)4/h11H,5-10H2,1-4H3,(H2,14,15). The second-order valence-corrected chi connectivity index (χ2v) is 5.86. The Balaban J connectivity index is 2.44. The van der Waals surface area contributed by atoms with Crippen LogP contribution in [0.4, 0.5) is 0 Å². The maximum atomic E-state index is 6.03. The van der Waals surface area contributed by atoms with Gasteiger partial charge in [-0.3, -0.25) is 0 Å². The molecule has 2 N–H and O–H groups in total. The zero-order valence-corrected chi connectivity index (χ0v) is 11.3. The fraction of sp³-hybridized carbons (Fsp3) is 0.923. The Morgan fingerprint density at radius 1 is 1.31 bits per heavy atom. The lowest BCUT2D eigenvalue weighted by atomic mass is 9.93. The molecule has 0 atom stereocenters. The largest absolute Gasteiger partial charge is 0.370 e. The molecule has 1 heterocycles. The molecule has 0 aromatic carbocycles. The summed E-state index contributed by atoms with van der Waals surface area (Å²) in [6.07, 6.45) is 5.21. The molecular formula is C13H27N3. The van der Waals surface area contributed by atoms with Crippen LogP contribution >= 0.6 is 0 Å². The molecular weight excluding hydrogens is 198 g/mol. The molecule has 1 saturated heterocycles. The third-order valence-electron chi connectivity index (χ3n) is 3.09. The molecule has 16 heavy (non-hydrogen) atoms. The Kier molecular flexibility index (Phi) is 4.63. The number of hydrogen-bond acceptors (Lipinski definition) is 1. The number of rotatable bonds is 2. The van der Waals surface area contributed by atoms with Gasteiger partial charge in [0.1, 0.15) is 0 Å². The number of piperidine rings is 1. The molecule has 1 aliphatic heterocycles. The highest BCUT2D eigenvalue weighted by Crippen LogP contribution is 2.21. The fourth-order valence-electron chi connectivity index (χ4n) is 2.27. The number of hydrogen-bond donors (Lipinski definition) is 1. The van der Waals surface area contributed by atoms with Gasteiger partial charge in [0.15, 0.2) is 5.96 Å². The maximum absolute atomic E-state index is 6.03. The third-order valence-corrected chi connectivity index (χ3v) is 3.09. The predicted octanol–water partition coefficient (Wildman–Crippen LogP) is 2.61. The molecule has 0 aromatic heterocycles. The molecule has 0 unspecified atom stereocenters. The Morgan fingerprint density at radius 3 is 2.31 bits per heavy atom. The molecule has 3 heteroatoms. The summed E-state index contributed by atoms with van der Waals surface area (Å²) in [5.41, 5.74) is 5.96. The minimum atomic E-state index is -0.0651. The van der Waals surface area contributed by atoms with Gasteiger partial charge in [-0.1, -0.05) is 19.8 Å². The van der Waals surface area contributed by atoms with Gasteiger partial charge in [0.2, 0.25) is 0 Å². The zero-order chi connectivity index (χ0) is 12.2. The van der Waals surface area contributed by atoms with Gasteiger partial charge in [-0.05, 0) is 39.5 Å². The van der Waals surface area contributed by atoms with Crippen LogP contribution in [-0.2, 0) is 0 Å². The van der Waals surface area contributed by atoms with E-state index in [0.29, 0.717) is 0 Å². The van der Waals surface area contributed by atoms with Crippen LogP contribution in [0, 0.1) is 5.92 Å². The fourth-order valence-corrected chi connectivity index (χ4v) is 2.27. The van der Waals surface area contributed by atoms with Crippen LogP contribution in [0.3, 0.4) is 0 Å². The molecule has 1 fully saturated rings. The van der Waals surface area contributed by atoms with Crippen LogP contribution in [0.15, 0.2) is 4.99 Å². The molecule has 0 amide bonds. The van der Waals surface area contributed by atoms with Crippen LogP contribution in [0.2, 0.25) is 0 Å². The number of likely N-dealkylation sites (tertiary alicyclic amines) is 1. The van der Waals surface area contributed by atoms with Gasteiger partial charge in [-0.15, -0.1) is 0 Å². The molecule has 0 bridgehead atoms. The molecule has 1 rings (SSSR count). The van der Waals surface area contributed by atoms with Gasteiger partial charge < -0.3 is 10.6 Å². The van der Waals surface area contributed by atoms with Crippen molar-refractivity contribution in [2.45, 2.75) is 58.9 Å².